The van der Waals surface area contributed by atoms with E-state index in [1.54, 1.807) is 4.90 Å². The summed E-state index contributed by atoms with van der Waals surface area (Å²) in [5.41, 5.74) is 3.47. The Labute approximate surface area is 184 Å². The summed E-state index contributed by atoms with van der Waals surface area (Å²) in [5.74, 6) is 1.41. The minimum Gasteiger partial charge on any atom is -0.444 e. The molecule has 0 N–H and O–H groups in total. The Morgan fingerprint density at radius 3 is 2.58 bits per heavy atom. The summed E-state index contributed by atoms with van der Waals surface area (Å²) in [6.07, 6.45) is 5.56. The summed E-state index contributed by atoms with van der Waals surface area (Å²) in [6.45, 7) is 11.3. The number of nitrogens with zero attached hydrogens (tertiary/aromatic N) is 2. The van der Waals surface area contributed by atoms with E-state index in [0.717, 1.165) is 53.8 Å². The maximum atomic E-state index is 12.3. The molecule has 166 valence electrons. The van der Waals surface area contributed by atoms with E-state index >= 15 is 0 Å². The Bertz CT molecular complexity index is 931. The fourth-order valence-corrected chi connectivity index (χ4v) is 3.96. The number of aromatic nitrogens is 1. The number of carbonyl (C=O) groups excluding carboxylic acids is 1. The van der Waals surface area contributed by atoms with Crippen LogP contribution in [0.5, 0.6) is 0 Å². The molecule has 2 fully saturated rings. The number of benzene rings is 1. The largest absolute Gasteiger partial charge is 0.444 e. The van der Waals surface area contributed by atoms with Gasteiger partial charge >= 0.3 is 6.09 Å². The van der Waals surface area contributed by atoms with E-state index in [1.165, 1.54) is 0 Å². The van der Waals surface area contributed by atoms with Gasteiger partial charge in [-0.15, -0.1) is 0 Å². The van der Waals surface area contributed by atoms with Crippen molar-refractivity contribution in [3.05, 3.63) is 47.7 Å². The second-order valence-corrected chi connectivity index (χ2v) is 9.42. The van der Waals surface area contributed by atoms with Crippen LogP contribution in [0, 0.1) is 0 Å². The quantitative estimate of drug-likeness (QED) is 0.588. The molecular formula is C25H32N2O4. The van der Waals surface area contributed by atoms with E-state index in [0.29, 0.717) is 25.6 Å². The smallest absolute Gasteiger partial charge is 0.410 e. The van der Waals surface area contributed by atoms with Crippen molar-refractivity contribution in [3.63, 3.8) is 0 Å². The van der Waals surface area contributed by atoms with Gasteiger partial charge in [0.2, 0.25) is 0 Å². The molecule has 0 unspecified atom stereocenters. The van der Waals surface area contributed by atoms with Gasteiger partial charge in [-0.25, -0.2) is 4.79 Å². The molecule has 1 aromatic carbocycles. The number of ether oxygens (including phenoxy) is 2. The highest BCUT2D eigenvalue weighted by molar-refractivity contribution is 5.74. The molecule has 1 aromatic heterocycles. The highest BCUT2D eigenvalue weighted by Gasteiger charge is 2.34. The lowest BCUT2D eigenvalue weighted by Crippen LogP contribution is -2.43. The van der Waals surface area contributed by atoms with Crippen molar-refractivity contribution in [1.82, 2.24) is 10.1 Å². The number of rotatable bonds is 6. The normalized spacial score (nSPS) is 17.6. The van der Waals surface area contributed by atoms with Crippen LogP contribution in [0.1, 0.15) is 69.3 Å². The lowest BCUT2D eigenvalue weighted by Gasteiger charge is -2.33. The fraction of sp³-hybridized carbons (Fsp3) is 0.520. The van der Waals surface area contributed by atoms with Gasteiger partial charge in [-0.2, -0.15) is 0 Å². The van der Waals surface area contributed by atoms with Gasteiger partial charge in [-0.3, -0.25) is 0 Å². The number of piperidine rings is 1. The van der Waals surface area contributed by atoms with Crippen LogP contribution in [0.25, 0.3) is 17.3 Å². The van der Waals surface area contributed by atoms with Gasteiger partial charge in [0.1, 0.15) is 17.1 Å². The third kappa shape index (κ3) is 5.18. The molecule has 1 saturated carbocycles. The zero-order valence-electron chi connectivity index (χ0n) is 18.7. The van der Waals surface area contributed by atoms with E-state index in [4.69, 9.17) is 14.0 Å². The van der Waals surface area contributed by atoms with Crippen molar-refractivity contribution in [3.8, 4) is 11.3 Å². The molecule has 0 bridgehead atoms. The van der Waals surface area contributed by atoms with Gasteiger partial charge in [0.15, 0.2) is 0 Å². The maximum absolute atomic E-state index is 12.3. The van der Waals surface area contributed by atoms with Crippen LogP contribution >= 0.6 is 0 Å². The van der Waals surface area contributed by atoms with Gasteiger partial charge in [0.25, 0.3) is 0 Å². The van der Waals surface area contributed by atoms with Crippen LogP contribution in [-0.2, 0) is 16.1 Å². The van der Waals surface area contributed by atoms with Gasteiger partial charge in [-0.05, 0) is 52.0 Å². The van der Waals surface area contributed by atoms with Crippen LogP contribution in [0.4, 0.5) is 4.79 Å². The maximum Gasteiger partial charge on any atom is 0.410 e. The average molecular weight is 425 g/mol. The van der Waals surface area contributed by atoms with Crippen molar-refractivity contribution in [2.24, 2.45) is 0 Å². The highest BCUT2D eigenvalue weighted by Crippen LogP contribution is 2.44. The highest BCUT2D eigenvalue weighted by atomic mass is 16.6. The summed E-state index contributed by atoms with van der Waals surface area (Å²) in [5, 5.41) is 4.42. The summed E-state index contributed by atoms with van der Waals surface area (Å²) >= 11 is 0. The van der Waals surface area contributed by atoms with E-state index in [9.17, 15) is 4.79 Å². The number of likely N-dealkylation sites (tertiary alicyclic amines) is 1. The van der Waals surface area contributed by atoms with E-state index < -0.39 is 5.60 Å². The zero-order valence-corrected chi connectivity index (χ0v) is 18.7. The summed E-state index contributed by atoms with van der Waals surface area (Å²) in [7, 11) is 0. The number of hydrogen-bond acceptors (Lipinski definition) is 5. The van der Waals surface area contributed by atoms with E-state index in [-0.39, 0.29) is 12.2 Å². The second-order valence-electron chi connectivity index (χ2n) is 9.42. The molecule has 31 heavy (non-hydrogen) atoms. The first-order valence-corrected chi connectivity index (χ1v) is 11.2. The third-order valence-electron chi connectivity index (χ3n) is 5.76. The van der Waals surface area contributed by atoms with Gasteiger partial charge < -0.3 is 18.9 Å². The molecule has 0 radical (unpaired) electrons. The van der Waals surface area contributed by atoms with Crippen molar-refractivity contribution in [2.45, 2.75) is 70.7 Å². The Hall–Kier alpha value is -2.60. The van der Waals surface area contributed by atoms with Crippen LogP contribution in [-0.4, -0.2) is 40.9 Å². The van der Waals surface area contributed by atoms with E-state index in [1.807, 2.05) is 51.1 Å². The van der Waals surface area contributed by atoms with Crippen molar-refractivity contribution in [2.75, 3.05) is 13.1 Å². The second kappa shape index (κ2) is 8.87. The van der Waals surface area contributed by atoms with Gasteiger partial charge in [-0.1, -0.05) is 42.1 Å². The minimum absolute atomic E-state index is 0.100. The molecule has 1 saturated heterocycles. The lowest BCUT2D eigenvalue weighted by atomic mass is 9.99. The topological polar surface area (TPSA) is 64.8 Å². The molecule has 0 atom stereocenters. The Kier molecular flexibility index (Phi) is 6.19. The van der Waals surface area contributed by atoms with Crippen molar-refractivity contribution < 1.29 is 18.8 Å². The number of carbonyl (C=O) groups is 1. The molecule has 6 heteroatoms. The van der Waals surface area contributed by atoms with Crippen LogP contribution in [0.15, 0.2) is 35.4 Å². The van der Waals surface area contributed by atoms with Crippen LogP contribution < -0.4 is 0 Å². The summed E-state index contributed by atoms with van der Waals surface area (Å²) in [6, 6.07) is 8.08. The molecule has 2 aromatic rings. The molecule has 1 aliphatic carbocycles. The zero-order chi connectivity index (χ0) is 22.0. The van der Waals surface area contributed by atoms with Crippen LogP contribution in [0.3, 0.4) is 0 Å². The first-order valence-electron chi connectivity index (χ1n) is 11.2. The van der Waals surface area contributed by atoms with E-state index in [2.05, 4.69) is 11.7 Å². The predicted octanol–water partition coefficient (Wildman–Crippen LogP) is 5.78. The minimum atomic E-state index is -0.476. The SMILES string of the molecule is C=Cc1ccccc1-c1noc(C2CC2)c1COC1CCN(C(=O)OC(C)(C)C)CC1. The Balaban J connectivity index is 1.42. The standard InChI is InChI=1S/C25H32N2O4/c1-5-17-8-6-7-9-20(17)22-21(23(31-26-22)18-10-11-18)16-29-19-12-14-27(15-13-19)24(28)30-25(2,3)4/h5-9,18-19H,1,10-16H2,2-4H3. The lowest BCUT2D eigenvalue weighted by molar-refractivity contribution is -0.0172. The molecule has 1 aliphatic heterocycles. The number of amides is 1. The Morgan fingerprint density at radius 2 is 1.94 bits per heavy atom. The van der Waals surface area contributed by atoms with Crippen molar-refractivity contribution in [1.29, 1.82) is 0 Å². The first kappa shape index (κ1) is 21.6. The monoisotopic (exact) mass is 424 g/mol. The molecule has 2 heterocycles. The molecule has 1 amide bonds. The molecular weight excluding hydrogens is 392 g/mol. The molecule has 0 spiro atoms. The van der Waals surface area contributed by atoms with Gasteiger partial charge in [0, 0.05) is 30.1 Å². The fourth-order valence-electron chi connectivity index (χ4n) is 3.96. The average Bonchev–Trinajstić information content (AvgIpc) is 3.50. The molecule has 6 nitrogen and oxygen atoms in total. The molecule has 2 aliphatic rings. The Morgan fingerprint density at radius 1 is 1.23 bits per heavy atom. The summed E-state index contributed by atoms with van der Waals surface area (Å²) < 4.78 is 17.6. The molecule has 4 rings (SSSR count). The number of hydrogen-bond donors (Lipinski definition) is 0. The van der Waals surface area contributed by atoms with Crippen LogP contribution in [0.2, 0.25) is 0 Å². The first-order chi connectivity index (χ1) is 14.9. The summed E-state index contributed by atoms with van der Waals surface area (Å²) in [4.78, 5) is 14.1. The predicted molar refractivity (Wildman–Crippen MR) is 120 cm³/mol. The van der Waals surface area contributed by atoms with Crippen molar-refractivity contribution >= 4 is 12.2 Å². The van der Waals surface area contributed by atoms with Gasteiger partial charge in [0.05, 0.1) is 12.7 Å². The third-order valence-corrected chi connectivity index (χ3v) is 5.76.